The summed E-state index contributed by atoms with van der Waals surface area (Å²) in [5.74, 6) is 2.32. The third-order valence-corrected chi connectivity index (χ3v) is 12.1. The van der Waals surface area contributed by atoms with Gasteiger partial charge in [0.1, 0.15) is 11.5 Å². The van der Waals surface area contributed by atoms with Crippen LogP contribution in [0.1, 0.15) is 112 Å². The molecule has 194 valence electrons. The van der Waals surface area contributed by atoms with E-state index in [2.05, 4.69) is 59.7 Å². The van der Waals surface area contributed by atoms with Crippen LogP contribution >= 0.6 is 0 Å². The fraction of sp³-hybridized carbons (Fsp3) is 0.806. The summed E-state index contributed by atoms with van der Waals surface area (Å²) in [7, 11) is 0. The molecule has 1 heterocycles. The lowest BCUT2D eigenvalue weighted by atomic mass is 9.35. The molecule has 0 saturated heterocycles. The van der Waals surface area contributed by atoms with Gasteiger partial charge in [-0.2, -0.15) is 0 Å². The van der Waals surface area contributed by atoms with Crippen molar-refractivity contribution in [2.45, 2.75) is 118 Å². The van der Waals surface area contributed by atoms with Crippen molar-refractivity contribution in [2.24, 2.45) is 39.9 Å². The maximum atomic E-state index is 14.1. The Morgan fingerprint density at radius 2 is 1.83 bits per heavy atom. The Morgan fingerprint density at radius 3 is 2.51 bits per heavy atom. The van der Waals surface area contributed by atoms with Gasteiger partial charge in [-0.1, -0.05) is 51.4 Å². The SMILES string of the molecule is CC(C)=CCCC(C)(O)C1CC[C@]2(C)C1C(=O)CC1[C@@]3(C)Cc4cnoc4C(C)(C)C3CC[C@]12C. The number of fused-ring (bicyclic) bond motifs is 6. The molecule has 0 radical (unpaired) electrons. The van der Waals surface area contributed by atoms with Gasteiger partial charge < -0.3 is 9.63 Å². The molecule has 0 amide bonds. The molecule has 5 unspecified atom stereocenters. The Kier molecular flexibility index (Phi) is 5.62. The van der Waals surface area contributed by atoms with Gasteiger partial charge in [0.05, 0.1) is 11.8 Å². The van der Waals surface area contributed by atoms with Crippen LogP contribution in [0.4, 0.5) is 0 Å². The molecule has 1 aromatic heterocycles. The van der Waals surface area contributed by atoms with Gasteiger partial charge in [-0.15, -0.1) is 0 Å². The van der Waals surface area contributed by atoms with E-state index in [1.54, 1.807) is 0 Å². The van der Waals surface area contributed by atoms with Gasteiger partial charge in [-0.25, -0.2) is 0 Å². The van der Waals surface area contributed by atoms with Crippen LogP contribution in [0.15, 0.2) is 22.4 Å². The van der Waals surface area contributed by atoms with E-state index in [-0.39, 0.29) is 33.5 Å². The van der Waals surface area contributed by atoms with Crippen molar-refractivity contribution < 1.29 is 14.4 Å². The number of nitrogens with zero attached hydrogens (tertiary/aromatic N) is 1. The second-order valence-electron chi connectivity index (χ2n) is 14.5. The number of Topliss-reactive ketones (excluding diaryl/α,β-unsaturated/α-hetero) is 1. The Labute approximate surface area is 212 Å². The highest BCUT2D eigenvalue weighted by Crippen LogP contribution is 2.74. The first-order valence-electron chi connectivity index (χ1n) is 14.0. The van der Waals surface area contributed by atoms with Gasteiger partial charge in [0.15, 0.2) is 0 Å². The molecule has 1 aromatic rings. The highest BCUT2D eigenvalue weighted by Gasteiger charge is 2.71. The van der Waals surface area contributed by atoms with Crippen LogP contribution in [0.5, 0.6) is 0 Å². The summed E-state index contributed by atoms with van der Waals surface area (Å²) >= 11 is 0. The molecule has 5 rings (SSSR count). The lowest BCUT2D eigenvalue weighted by Crippen LogP contribution is -2.65. The van der Waals surface area contributed by atoms with Gasteiger partial charge in [-0.3, -0.25) is 4.79 Å². The molecular weight excluding hydrogens is 434 g/mol. The summed E-state index contributed by atoms with van der Waals surface area (Å²) < 4.78 is 5.79. The molecule has 0 aliphatic heterocycles. The molecule has 3 fully saturated rings. The Morgan fingerprint density at radius 1 is 1.14 bits per heavy atom. The van der Waals surface area contributed by atoms with E-state index in [0.29, 0.717) is 24.0 Å². The summed E-state index contributed by atoms with van der Waals surface area (Å²) in [6.07, 6.45) is 11.7. The minimum absolute atomic E-state index is 0.0339. The summed E-state index contributed by atoms with van der Waals surface area (Å²) in [5, 5.41) is 15.9. The standard InChI is InChI=1S/C31H47NO3/c1-19(2)10-9-13-31(8,34)21-11-14-30(7)25(21)22(33)16-24-28(5)17-20-18-32-35-26(20)27(3,4)23(28)12-15-29(24,30)6/h10,18,21,23-25,34H,9,11-17H2,1-8H3/t21?,23?,24?,25?,28-,29+,30+,31?/m0/s1. The summed E-state index contributed by atoms with van der Waals surface area (Å²) in [4.78, 5) is 14.1. The van der Waals surface area contributed by atoms with E-state index < -0.39 is 5.60 Å². The molecule has 4 aliphatic rings. The van der Waals surface area contributed by atoms with E-state index in [4.69, 9.17) is 4.52 Å². The molecule has 0 bridgehead atoms. The number of hydrogen-bond donors (Lipinski definition) is 1. The van der Waals surface area contributed by atoms with Crippen molar-refractivity contribution in [3.05, 3.63) is 29.2 Å². The van der Waals surface area contributed by atoms with Crippen molar-refractivity contribution in [1.82, 2.24) is 5.16 Å². The Bertz CT molecular complexity index is 1050. The van der Waals surface area contributed by atoms with Crippen LogP contribution in [0.3, 0.4) is 0 Å². The van der Waals surface area contributed by atoms with E-state index in [1.165, 1.54) is 11.1 Å². The third kappa shape index (κ3) is 3.33. The quantitative estimate of drug-likeness (QED) is 0.468. The normalized spacial score (nSPS) is 43.4. The molecule has 8 atom stereocenters. The first kappa shape index (κ1) is 25.2. The summed E-state index contributed by atoms with van der Waals surface area (Å²) in [6.45, 7) is 18.3. The number of rotatable bonds is 4. The number of aromatic nitrogens is 1. The average Bonchev–Trinajstić information content (AvgIpc) is 3.35. The molecule has 4 aliphatic carbocycles. The van der Waals surface area contributed by atoms with Crippen molar-refractivity contribution in [1.29, 1.82) is 0 Å². The summed E-state index contributed by atoms with van der Waals surface area (Å²) in [5.41, 5.74) is 1.72. The zero-order chi connectivity index (χ0) is 25.6. The molecule has 0 aromatic carbocycles. The Balaban J connectivity index is 1.51. The monoisotopic (exact) mass is 481 g/mol. The highest BCUT2D eigenvalue weighted by molar-refractivity contribution is 5.84. The number of carbonyl (C=O) groups is 1. The lowest BCUT2D eigenvalue weighted by Gasteiger charge is -2.68. The van der Waals surface area contributed by atoms with Crippen LogP contribution in [0.2, 0.25) is 0 Å². The van der Waals surface area contributed by atoms with E-state index >= 15 is 0 Å². The van der Waals surface area contributed by atoms with Crippen LogP contribution in [-0.4, -0.2) is 21.6 Å². The van der Waals surface area contributed by atoms with Gasteiger partial charge in [0.25, 0.3) is 0 Å². The second-order valence-corrected chi connectivity index (χ2v) is 14.5. The summed E-state index contributed by atoms with van der Waals surface area (Å²) in [6, 6.07) is 0. The molecule has 35 heavy (non-hydrogen) atoms. The second kappa shape index (κ2) is 7.79. The minimum atomic E-state index is -0.807. The predicted molar refractivity (Wildman–Crippen MR) is 139 cm³/mol. The number of carbonyl (C=O) groups excluding carboxylic acids is 1. The fourth-order valence-corrected chi connectivity index (χ4v) is 10.3. The lowest BCUT2D eigenvalue weighted by molar-refractivity contribution is -0.195. The first-order chi connectivity index (χ1) is 16.2. The maximum Gasteiger partial charge on any atom is 0.145 e. The zero-order valence-electron chi connectivity index (χ0n) is 23.3. The van der Waals surface area contributed by atoms with Crippen LogP contribution in [0, 0.1) is 39.9 Å². The van der Waals surface area contributed by atoms with Gasteiger partial charge in [-0.05, 0) is 99.7 Å². The van der Waals surface area contributed by atoms with Crippen molar-refractivity contribution in [2.75, 3.05) is 0 Å². The van der Waals surface area contributed by atoms with Crippen LogP contribution in [0.25, 0.3) is 0 Å². The van der Waals surface area contributed by atoms with Crippen molar-refractivity contribution in [3.8, 4) is 0 Å². The largest absolute Gasteiger partial charge is 0.390 e. The number of aliphatic hydroxyl groups is 1. The Hall–Kier alpha value is -1.42. The van der Waals surface area contributed by atoms with E-state index in [1.807, 2.05) is 13.1 Å². The van der Waals surface area contributed by atoms with Crippen molar-refractivity contribution in [3.63, 3.8) is 0 Å². The molecule has 4 nitrogen and oxygen atoms in total. The fourth-order valence-electron chi connectivity index (χ4n) is 10.3. The molecular formula is C31H47NO3. The molecule has 4 heteroatoms. The minimum Gasteiger partial charge on any atom is -0.390 e. The van der Waals surface area contributed by atoms with Gasteiger partial charge >= 0.3 is 0 Å². The van der Waals surface area contributed by atoms with Crippen LogP contribution in [-0.2, 0) is 16.6 Å². The van der Waals surface area contributed by atoms with E-state index in [9.17, 15) is 9.90 Å². The smallest absolute Gasteiger partial charge is 0.145 e. The maximum absolute atomic E-state index is 14.1. The zero-order valence-corrected chi connectivity index (χ0v) is 23.3. The van der Waals surface area contributed by atoms with E-state index in [0.717, 1.165) is 50.7 Å². The highest BCUT2D eigenvalue weighted by atomic mass is 16.5. The van der Waals surface area contributed by atoms with Crippen LogP contribution < -0.4 is 0 Å². The average molecular weight is 482 g/mol. The van der Waals surface area contributed by atoms with Crippen molar-refractivity contribution >= 4 is 5.78 Å². The third-order valence-electron chi connectivity index (χ3n) is 12.1. The van der Waals surface area contributed by atoms with Gasteiger partial charge in [0, 0.05) is 23.3 Å². The predicted octanol–water partition coefficient (Wildman–Crippen LogP) is 7.05. The molecule has 3 saturated carbocycles. The number of ketones is 1. The van der Waals surface area contributed by atoms with Gasteiger partial charge in [0.2, 0.25) is 0 Å². The topological polar surface area (TPSA) is 63.3 Å². The number of hydrogen-bond acceptors (Lipinski definition) is 4. The molecule has 1 N–H and O–H groups in total. The first-order valence-corrected chi connectivity index (χ1v) is 14.0. The molecule has 0 spiro atoms. The number of allylic oxidation sites excluding steroid dienone is 2.